The van der Waals surface area contributed by atoms with Gasteiger partial charge in [-0.25, -0.2) is 23.7 Å². The Kier molecular flexibility index (Phi) is 6.72. The summed E-state index contributed by atoms with van der Waals surface area (Å²) in [6.07, 6.45) is -2.00. The first-order chi connectivity index (χ1) is 14.5. The van der Waals surface area contributed by atoms with Crippen molar-refractivity contribution in [3.63, 3.8) is 0 Å². The predicted molar refractivity (Wildman–Crippen MR) is 101 cm³/mol. The van der Waals surface area contributed by atoms with Crippen LogP contribution in [0.5, 0.6) is 0 Å². The van der Waals surface area contributed by atoms with E-state index in [-0.39, 0.29) is 5.95 Å². The second kappa shape index (κ2) is 8.49. The number of aliphatic hydroxyl groups is 2. The van der Waals surface area contributed by atoms with Crippen LogP contribution in [-0.2, 0) is 37.2 Å². The molecular weight excluding hydrogens is 501 g/mol. The van der Waals surface area contributed by atoms with E-state index in [0.717, 1.165) is 0 Å². The molecule has 0 aliphatic carbocycles. The van der Waals surface area contributed by atoms with Gasteiger partial charge >= 0.3 is 23.5 Å². The lowest BCUT2D eigenvalue weighted by molar-refractivity contribution is -0.0848. The first-order valence-electron chi connectivity index (χ1n) is 8.44. The number of anilines is 1. The number of nitrogens with zero attached hydrogens (tertiary/aromatic N) is 3. The van der Waals surface area contributed by atoms with E-state index in [1.54, 1.807) is 0 Å². The smallest absolute Gasteiger partial charge is 0.387 e. The van der Waals surface area contributed by atoms with Gasteiger partial charge in [0.05, 0.1) is 6.61 Å². The fourth-order valence-electron chi connectivity index (χ4n) is 3.04. The number of ether oxygens (including phenoxy) is 1. The lowest BCUT2D eigenvalue weighted by Crippen LogP contribution is -2.38. The third kappa shape index (κ3) is 5.43. The average molecular weight is 520 g/mol. The predicted octanol–water partition coefficient (Wildman–Crippen LogP) is -1.01. The molecule has 1 fully saturated rings. The summed E-state index contributed by atoms with van der Waals surface area (Å²) in [6, 6.07) is 1.50. The molecule has 0 bridgehead atoms. The maximum atomic E-state index is 11.9. The van der Waals surface area contributed by atoms with Crippen LogP contribution in [0.4, 0.5) is 5.95 Å². The van der Waals surface area contributed by atoms with E-state index in [1.165, 1.54) is 29.9 Å². The molecule has 8 N–H and O–H groups in total. The molecule has 0 amide bonds. The van der Waals surface area contributed by atoms with Crippen LogP contribution >= 0.6 is 23.5 Å². The van der Waals surface area contributed by atoms with Crippen molar-refractivity contribution in [3.8, 4) is 0 Å². The molecule has 2 aromatic rings. The zero-order chi connectivity index (χ0) is 24.1. The number of aliphatic hydroxyl groups excluding tert-OH is 2. The van der Waals surface area contributed by atoms with Gasteiger partial charge in [-0.2, -0.15) is 8.62 Å². The van der Waals surface area contributed by atoms with Gasteiger partial charge in [-0.15, -0.1) is 0 Å². The number of aromatic nitrogens is 3. The number of hydrogen-bond donors (Lipinski definition) is 7. The Balaban J connectivity index is 1.73. The monoisotopic (exact) mass is 520 g/mol. The maximum Gasteiger partial charge on any atom is 0.490 e. The summed E-state index contributed by atoms with van der Waals surface area (Å²) in [7, 11) is -16.7. The van der Waals surface area contributed by atoms with Crippen LogP contribution in [0.15, 0.2) is 18.6 Å². The molecule has 1 aliphatic rings. The quantitative estimate of drug-likeness (QED) is 0.206. The zero-order valence-electron chi connectivity index (χ0n) is 16.0. The number of nitrogen functional groups attached to an aromatic ring is 1. The van der Waals surface area contributed by atoms with E-state index in [1.807, 2.05) is 0 Å². The van der Waals surface area contributed by atoms with Gasteiger partial charge in [0.2, 0.25) is 5.95 Å². The number of phosphoric ester groups is 1. The van der Waals surface area contributed by atoms with Gasteiger partial charge in [-0.1, -0.05) is 0 Å². The van der Waals surface area contributed by atoms with Crippen LogP contribution in [0.25, 0.3) is 5.65 Å². The van der Waals surface area contributed by atoms with Crippen molar-refractivity contribution in [1.82, 2.24) is 14.4 Å². The van der Waals surface area contributed by atoms with Crippen molar-refractivity contribution in [2.75, 3.05) is 12.3 Å². The van der Waals surface area contributed by atoms with Gasteiger partial charge in [-0.3, -0.25) is 8.92 Å². The second-order valence-electron chi connectivity index (χ2n) is 6.77. The van der Waals surface area contributed by atoms with Gasteiger partial charge in [0.1, 0.15) is 35.9 Å². The summed E-state index contributed by atoms with van der Waals surface area (Å²) < 4.78 is 52.6. The van der Waals surface area contributed by atoms with Crippen molar-refractivity contribution in [2.45, 2.75) is 30.8 Å². The fraction of sp³-hybridized carbons (Fsp3) is 0.500. The van der Waals surface area contributed by atoms with Crippen LogP contribution < -0.4 is 5.73 Å². The Morgan fingerprint density at radius 1 is 1.16 bits per heavy atom. The van der Waals surface area contributed by atoms with Crippen LogP contribution in [0, 0.1) is 0 Å². The highest BCUT2D eigenvalue weighted by atomic mass is 31.3. The maximum absolute atomic E-state index is 11.9. The lowest BCUT2D eigenvalue weighted by atomic mass is 9.91. The number of hydrogen-bond acceptors (Lipinski definition) is 12. The highest BCUT2D eigenvalue weighted by molar-refractivity contribution is 7.66. The van der Waals surface area contributed by atoms with E-state index in [2.05, 4.69) is 23.1 Å². The standard InChI is InChI=1S/C12H19N4O13P3/c1-12(6-2-8-14-5-15-11(13)16(8)3-6)10(18)9(17)7(27-12)4-26-31(22,23)29-32(24,25)28-30(19,20)21/h2-3,5,7,9-10,17-18H,4H2,1H3,(H,22,23)(H,24,25)(H2,13,14,15)(H2,19,20,21)/t7-,9+,10-,12+/m1/s1. The van der Waals surface area contributed by atoms with Crippen LogP contribution in [0.2, 0.25) is 0 Å². The Morgan fingerprint density at radius 3 is 2.41 bits per heavy atom. The Morgan fingerprint density at radius 2 is 1.81 bits per heavy atom. The van der Waals surface area contributed by atoms with Crippen LogP contribution in [-0.4, -0.2) is 69.1 Å². The highest BCUT2D eigenvalue weighted by Gasteiger charge is 2.53. The Labute approximate surface area is 178 Å². The molecule has 1 saturated heterocycles. The topological polar surface area (TPSA) is 266 Å². The molecule has 0 saturated carbocycles. The summed E-state index contributed by atoms with van der Waals surface area (Å²) in [4.78, 5) is 43.5. The van der Waals surface area contributed by atoms with Crippen LogP contribution in [0.1, 0.15) is 12.5 Å². The van der Waals surface area contributed by atoms with Crippen molar-refractivity contribution in [1.29, 1.82) is 0 Å². The van der Waals surface area contributed by atoms with Gasteiger partial charge in [-0.05, 0) is 13.0 Å². The van der Waals surface area contributed by atoms with E-state index in [4.69, 9.17) is 25.2 Å². The Hall–Kier alpha value is -1.29. The molecule has 6 atom stereocenters. The fourth-order valence-corrected chi connectivity index (χ4v) is 6.07. The summed E-state index contributed by atoms with van der Waals surface area (Å²) in [5.74, 6) is 0.0853. The first-order valence-corrected chi connectivity index (χ1v) is 13.0. The Bertz CT molecular complexity index is 1150. The second-order valence-corrected chi connectivity index (χ2v) is 11.2. The van der Waals surface area contributed by atoms with Gasteiger partial charge in [0.25, 0.3) is 0 Å². The molecule has 20 heteroatoms. The molecule has 180 valence electrons. The summed E-state index contributed by atoms with van der Waals surface area (Å²) in [5.41, 5.74) is 4.86. The third-order valence-electron chi connectivity index (χ3n) is 4.48. The largest absolute Gasteiger partial charge is 0.490 e. The SMILES string of the molecule is C[C@@]1(c2cc3ncnc(N)n3c2)O[C@H](COP(=O)(O)OP(=O)(O)OP(=O)(O)O)[C@H](O)[C@H]1O. The molecule has 17 nitrogen and oxygen atoms in total. The van der Waals surface area contributed by atoms with E-state index < -0.39 is 54.0 Å². The first kappa shape index (κ1) is 25.3. The zero-order valence-corrected chi connectivity index (χ0v) is 18.7. The summed E-state index contributed by atoms with van der Waals surface area (Å²) in [5, 5.41) is 20.8. The molecule has 3 rings (SSSR count). The molecular formula is C12H19N4O13P3. The number of rotatable bonds is 8. The molecule has 2 unspecified atom stereocenters. The minimum atomic E-state index is -5.70. The summed E-state index contributed by atoms with van der Waals surface area (Å²) in [6.45, 7) is 0.469. The minimum absolute atomic E-state index is 0.0853. The van der Waals surface area contributed by atoms with Crippen molar-refractivity contribution < 1.29 is 61.4 Å². The van der Waals surface area contributed by atoms with Gasteiger partial charge in [0, 0.05) is 11.8 Å². The highest BCUT2D eigenvalue weighted by Crippen LogP contribution is 2.66. The summed E-state index contributed by atoms with van der Waals surface area (Å²) >= 11 is 0. The van der Waals surface area contributed by atoms with Crippen LogP contribution in [0.3, 0.4) is 0 Å². The molecule has 1 aliphatic heterocycles. The van der Waals surface area contributed by atoms with Gasteiger partial charge < -0.3 is 40.3 Å². The molecule has 0 radical (unpaired) electrons. The number of nitrogens with two attached hydrogens (primary N) is 1. The minimum Gasteiger partial charge on any atom is -0.387 e. The molecule has 2 aromatic heterocycles. The third-order valence-corrected chi connectivity index (χ3v) is 8.29. The van der Waals surface area contributed by atoms with E-state index in [9.17, 15) is 28.8 Å². The van der Waals surface area contributed by atoms with Crippen molar-refractivity contribution in [3.05, 3.63) is 24.2 Å². The molecule has 0 aromatic carbocycles. The average Bonchev–Trinajstić information content (AvgIpc) is 3.15. The lowest BCUT2D eigenvalue weighted by Gasteiger charge is -2.26. The normalized spacial score (nSPS) is 30.3. The number of fused-ring (bicyclic) bond motifs is 1. The van der Waals surface area contributed by atoms with E-state index >= 15 is 0 Å². The van der Waals surface area contributed by atoms with Crippen molar-refractivity contribution >= 4 is 35.1 Å². The molecule has 0 spiro atoms. The van der Waals surface area contributed by atoms with Gasteiger partial charge in [0.15, 0.2) is 0 Å². The van der Waals surface area contributed by atoms with E-state index in [0.29, 0.717) is 11.2 Å². The molecule has 32 heavy (non-hydrogen) atoms. The number of phosphoric acid groups is 3. The molecule has 3 heterocycles. The van der Waals surface area contributed by atoms with Crippen molar-refractivity contribution in [2.24, 2.45) is 0 Å².